The quantitative estimate of drug-likeness (QED) is 0.610. The first-order valence-electron chi connectivity index (χ1n) is 5.93. The zero-order chi connectivity index (χ0) is 13.4. The lowest BCUT2D eigenvalue weighted by molar-refractivity contribution is -0.137. The Morgan fingerprint density at radius 2 is 2.00 bits per heavy atom. The monoisotopic (exact) mass is 255 g/mol. The number of halogens is 1. The molecule has 1 aromatic rings. The van der Waals surface area contributed by atoms with Gasteiger partial charge in [-0.2, -0.15) is 0 Å². The molecule has 1 rings (SSSR count). The van der Waals surface area contributed by atoms with Crippen molar-refractivity contribution in [3.05, 3.63) is 35.6 Å². The van der Waals surface area contributed by atoms with Crippen LogP contribution in [0.3, 0.4) is 0 Å². The molecule has 0 aliphatic heterocycles. The number of hydrogen-bond acceptors (Lipinski definition) is 3. The molecule has 5 heteroatoms. The van der Waals surface area contributed by atoms with E-state index in [4.69, 9.17) is 5.11 Å². The number of aliphatic hydroxyl groups excluding tert-OH is 1. The molecule has 0 aromatic heterocycles. The van der Waals surface area contributed by atoms with Gasteiger partial charge in [-0.1, -0.05) is 12.1 Å². The standard InChI is InChI=1S/C13H18FNO3/c14-11-3-1-10(2-4-11)7-8-15-9-12(16)5-6-13(17)18/h1-4,12,15-16H,5-9H2,(H,17,18). The predicted octanol–water partition coefficient (Wildman–Crippen LogP) is 1.18. The van der Waals surface area contributed by atoms with Crippen molar-refractivity contribution >= 4 is 5.97 Å². The van der Waals surface area contributed by atoms with Gasteiger partial charge in [-0.25, -0.2) is 4.39 Å². The minimum Gasteiger partial charge on any atom is -0.481 e. The van der Waals surface area contributed by atoms with Crippen LogP contribution in [-0.2, 0) is 11.2 Å². The third-order valence-electron chi connectivity index (χ3n) is 2.58. The molecular formula is C13H18FNO3. The zero-order valence-electron chi connectivity index (χ0n) is 10.1. The largest absolute Gasteiger partial charge is 0.481 e. The summed E-state index contributed by atoms with van der Waals surface area (Å²) in [5.41, 5.74) is 1.02. The van der Waals surface area contributed by atoms with Crippen LogP contribution in [0.4, 0.5) is 4.39 Å². The lowest BCUT2D eigenvalue weighted by atomic mass is 10.1. The van der Waals surface area contributed by atoms with Crippen LogP contribution in [0.25, 0.3) is 0 Å². The molecule has 100 valence electrons. The molecule has 0 aliphatic carbocycles. The summed E-state index contributed by atoms with van der Waals surface area (Å²) in [4.78, 5) is 10.3. The van der Waals surface area contributed by atoms with E-state index in [9.17, 15) is 14.3 Å². The van der Waals surface area contributed by atoms with Gasteiger partial charge < -0.3 is 15.5 Å². The summed E-state index contributed by atoms with van der Waals surface area (Å²) in [6.07, 6.45) is 0.320. The Morgan fingerprint density at radius 3 is 2.61 bits per heavy atom. The minimum absolute atomic E-state index is 0.0270. The SMILES string of the molecule is O=C(O)CCC(O)CNCCc1ccc(F)cc1. The molecule has 0 radical (unpaired) electrons. The van der Waals surface area contributed by atoms with Crippen LogP contribution < -0.4 is 5.32 Å². The Bertz CT molecular complexity index is 367. The van der Waals surface area contributed by atoms with Gasteiger partial charge in [0.25, 0.3) is 0 Å². The highest BCUT2D eigenvalue weighted by Gasteiger charge is 2.06. The van der Waals surface area contributed by atoms with Crippen molar-refractivity contribution in [1.29, 1.82) is 0 Å². The van der Waals surface area contributed by atoms with Crippen LogP contribution >= 0.6 is 0 Å². The first kappa shape index (κ1) is 14.6. The number of aliphatic carboxylic acids is 1. The number of carboxylic acids is 1. The number of nitrogens with one attached hydrogen (secondary N) is 1. The van der Waals surface area contributed by atoms with Crippen LogP contribution in [0.5, 0.6) is 0 Å². The summed E-state index contributed by atoms with van der Waals surface area (Å²) in [6.45, 7) is 1.03. The fourth-order valence-corrected chi connectivity index (χ4v) is 1.54. The molecule has 0 fully saturated rings. The maximum absolute atomic E-state index is 12.6. The molecule has 3 N–H and O–H groups in total. The number of hydrogen-bond donors (Lipinski definition) is 3. The molecule has 1 unspecified atom stereocenters. The second-order valence-electron chi connectivity index (χ2n) is 4.17. The van der Waals surface area contributed by atoms with Gasteiger partial charge in [-0.3, -0.25) is 4.79 Å². The summed E-state index contributed by atoms with van der Waals surface area (Å²) in [5.74, 6) is -1.16. The topological polar surface area (TPSA) is 69.6 Å². The molecule has 0 bridgehead atoms. The second kappa shape index (κ2) is 7.79. The molecule has 0 saturated carbocycles. The fraction of sp³-hybridized carbons (Fsp3) is 0.462. The van der Waals surface area contributed by atoms with E-state index in [1.807, 2.05) is 0 Å². The third-order valence-corrected chi connectivity index (χ3v) is 2.58. The Balaban J connectivity index is 2.11. The highest BCUT2D eigenvalue weighted by Crippen LogP contribution is 2.03. The summed E-state index contributed by atoms with van der Waals surface area (Å²) >= 11 is 0. The van der Waals surface area contributed by atoms with Gasteiger partial charge in [0.2, 0.25) is 0 Å². The van der Waals surface area contributed by atoms with Gasteiger partial charge in [0.15, 0.2) is 0 Å². The Labute approximate surface area is 105 Å². The maximum Gasteiger partial charge on any atom is 0.303 e. The van der Waals surface area contributed by atoms with E-state index in [0.29, 0.717) is 13.1 Å². The maximum atomic E-state index is 12.6. The average Bonchev–Trinajstić information content (AvgIpc) is 2.34. The van der Waals surface area contributed by atoms with E-state index < -0.39 is 12.1 Å². The lowest BCUT2D eigenvalue weighted by Gasteiger charge is -2.10. The highest BCUT2D eigenvalue weighted by atomic mass is 19.1. The van der Waals surface area contributed by atoms with Crippen molar-refractivity contribution in [2.24, 2.45) is 0 Å². The first-order valence-corrected chi connectivity index (χ1v) is 5.93. The summed E-state index contributed by atoms with van der Waals surface area (Å²) in [5, 5.41) is 20.9. The van der Waals surface area contributed by atoms with Crippen molar-refractivity contribution in [1.82, 2.24) is 5.32 Å². The van der Waals surface area contributed by atoms with Crippen molar-refractivity contribution in [2.45, 2.75) is 25.4 Å². The van der Waals surface area contributed by atoms with Crippen LogP contribution in [0.1, 0.15) is 18.4 Å². The van der Waals surface area contributed by atoms with Crippen molar-refractivity contribution in [3.8, 4) is 0 Å². The first-order chi connectivity index (χ1) is 8.58. The van der Waals surface area contributed by atoms with E-state index in [0.717, 1.165) is 12.0 Å². The van der Waals surface area contributed by atoms with E-state index in [1.54, 1.807) is 12.1 Å². The van der Waals surface area contributed by atoms with Gasteiger partial charge in [0.05, 0.1) is 6.10 Å². The molecule has 4 nitrogen and oxygen atoms in total. The van der Waals surface area contributed by atoms with Crippen LogP contribution in [0, 0.1) is 5.82 Å². The van der Waals surface area contributed by atoms with Gasteiger partial charge in [-0.05, 0) is 37.1 Å². The fourth-order valence-electron chi connectivity index (χ4n) is 1.54. The number of aliphatic hydroxyl groups is 1. The molecule has 1 aromatic carbocycles. The Kier molecular flexibility index (Phi) is 6.32. The summed E-state index contributed by atoms with van der Waals surface area (Å²) in [7, 11) is 0. The van der Waals surface area contributed by atoms with Crippen molar-refractivity contribution in [3.63, 3.8) is 0 Å². The molecule has 1 atom stereocenters. The van der Waals surface area contributed by atoms with E-state index in [2.05, 4.69) is 5.32 Å². The minimum atomic E-state index is -0.902. The van der Waals surface area contributed by atoms with Crippen LogP contribution in [-0.4, -0.2) is 35.4 Å². The van der Waals surface area contributed by atoms with Gasteiger partial charge in [0.1, 0.15) is 5.82 Å². The Hall–Kier alpha value is -1.46. The van der Waals surface area contributed by atoms with E-state index in [1.165, 1.54) is 12.1 Å². The van der Waals surface area contributed by atoms with E-state index in [-0.39, 0.29) is 18.7 Å². The van der Waals surface area contributed by atoms with Crippen molar-refractivity contribution in [2.75, 3.05) is 13.1 Å². The third kappa shape index (κ3) is 6.32. The number of rotatable bonds is 8. The molecule has 0 heterocycles. The number of carbonyl (C=O) groups is 1. The zero-order valence-corrected chi connectivity index (χ0v) is 10.1. The molecular weight excluding hydrogens is 237 g/mol. The van der Waals surface area contributed by atoms with Gasteiger partial charge >= 0.3 is 5.97 Å². The van der Waals surface area contributed by atoms with Crippen LogP contribution in [0.2, 0.25) is 0 Å². The molecule has 18 heavy (non-hydrogen) atoms. The lowest BCUT2D eigenvalue weighted by Crippen LogP contribution is -2.28. The predicted molar refractivity (Wildman–Crippen MR) is 65.9 cm³/mol. The van der Waals surface area contributed by atoms with Gasteiger partial charge in [-0.15, -0.1) is 0 Å². The normalized spacial score (nSPS) is 12.3. The van der Waals surface area contributed by atoms with E-state index >= 15 is 0 Å². The average molecular weight is 255 g/mol. The molecule has 0 saturated heterocycles. The number of benzene rings is 1. The van der Waals surface area contributed by atoms with Gasteiger partial charge in [0, 0.05) is 13.0 Å². The smallest absolute Gasteiger partial charge is 0.303 e. The second-order valence-corrected chi connectivity index (χ2v) is 4.17. The summed E-state index contributed by atoms with van der Waals surface area (Å²) < 4.78 is 12.6. The molecule has 0 amide bonds. The molecule has 0 spiro atoms. The summed E-state index contributed by atoms with van der Waals surface area (Å²) in [6, 6.07) is 6.27. The number of carboxylic acid groups (broad SMARTS) is 1. The highest BCUT2D eigenvalue weighted by molar-refractivity contribution is 5.66. The molecule has 0 aliphatic rings. The Morgan fingerprint density at radius 1 is 1.33 bits per heavy atom. The van der Waals surface area contributed by atoms with Crippen LogP contribution in [0.15, 0.2) is 24.3 Å². The van der Waals surface area contributed by atoms with Crippen molar-refractivity contribution < 1.29 is 19.4 Å².